The summed E-state index contributed by atoms with van der Waals surface area (Å²) < 4.78 is 6.99. The van der Waals surface area contributed by atoms with Gasteiger partial charge in [0.05, 0.1) is 13.1 Å². The molecular weight excluding hydrogens is 334 g/mol. The van der Waals surface area contributed by atoms with E-state index in [0.29, 0.717) is 6.42 Å². The Balaban J connectivity index is 1.74. The summed E-state index contributed by atoms with van der Waals surface area (Å²) in [5.74, 6) is 0.825. The third kappa shape index (κ3) is 2.69. The summed E-state index contributed by atoms with van der Waals surface area (Å²) in [5, 5.41) is 18.3. The molecular formula is C23H24N3O+. The van der Waals surface area contributed by atoms with Crippen LogP contribution < -0.4 is 4.48 Å². The van der Waals surface area contributed by atoms with E-state index in [2.05, 4.69) is 24.8 Å². The maximum atomic E-state index is 9.17. The number of hydrogen-bond acceptors (Lipinski definition) is 3. The van der Waals surface area contributed by atoms with Crippen LogP contribution in [0.25, 0.3) is 0 Å². The van der Waals surface area contributed by atoms with E-state index in [9.17, 15) is 10.5 Å². The summed E-state index contributed by atoms with van der Waals surface area (Å²) in [7, 11) is 0. The highest BCUT2D eigenvalue weighted by atomic mass is 16.5. The quantitative estimate of drug-likeness (QED) is 0.580. The number of ether oxygens (including phenoxy) is 1. The lowest BCUT2D eigenvalue weighted by Gasteiger charge is -2.46. The van der Waals surface area contributed by atoms with Crippen LogP contribution in [0.3, 0.4) is 0 Å². The number of aryl methyl sites for hydroxylation is 2. The first kappa shape index (κ1) is 17.6. The van der Waals surface area contributed by atoms with Gasteiger partial charge in [-0.3, -0.25) is 4.48 Å². The zero-order chi connectivity index (χ0) is 19.0. The van der Waals surface area contributed by atoms with Crippen molar-refractivity contribution in [3.8, 4) is 12.1 Å². The highest BCUT2D eigenvalue weighted by Gasteiger charge is 2.45. The second-order valence-corrected chi connectivity index (χ2v) is 7.65. The lowest BCUT2D eigenvalue weighted by Crippen LogP contribution is -2.55. The van der Waals surface area contributed by atoms with Crippen molar-refractivity contribution >= 4 is 5.69 Å². The lowest BCUT2D eigenvalue weighted by atomic mass is 9.88. The standard InChI is InChI=1S/C23H24N3O/c1-16(22-11-10-21(17(2)27-22)20(14-24)15-25)26-12-4-8-18-6-3-7-19(23(18)26)9-5-13-26/h3,6-7,11,17H,1,4-5,8-10,12-13H2,2H3/q+1. The van der Waals surface area contributed by atoms with E-state index in [1.165, 1.54) is 16.8 Å². The van der Waals surface area contributed by atoms with Crippen molar-refractivity contribution in [1.82, 2.24) is 4.48 Å². The Morgan fingerprint density at radius 1 is 1.15 bits per heavy atom. The maximum Gasteiger partial charge on any atom is 0.176 e. The number of benzene rings is 1. The molecule has 3 aliphatic rings. The van der Waals surface area contributed by atoms with Gasteiger partial charge in [-0.2, -0.15) is 10.5 Å². The smallest absolute Gasteiger partial charge is 0.176 e. The highest BCUT2D eigenvalue weighted by molar-refractivity contribution is 5.64. The summed E-state index contributed by atoms with van der Waals surface area (Å²) in [6.45, 7) is 8.52. The second kappa shape index (κ2) is 6.72. The molecule has 0 amide bonds. The molecule has 0 bridgehead atoms. The molecule has 4 rings (SSSR count). The Labute approximate surface area is 160 Å². The van der Waals surface area contributed by atoms with Gasteiger partial charge in [-0.05, 0) is 38.8 Å². The molecule has 0 spiro atoms. The minimum absolute atomic E-state index is 0.166. The number of rotatable bonds is 2. The fraction of sp³-hybridized carbons (Fsp3) is 0.391. The molecule has 0 saturated carbocycles. The second-order valence-electron chi connectivity index (χ2n) is 7.65. The monoisotopic (exact) mass is 358 g/mol. The first-order chi connectivity index (χ1) is 13.1. The third-order valence-corrected chi connectivity index (χ3v) is 6.25. The summed E-state index contributed by atoms with van der Waals surface area (Å²) in [4.78, 5) is 0. The van der Waals surface area contributed by atoms with Gasteiger partial charge >= 0.3 is 0 Å². The number of nitriles is 2. The van der Waals surface area contributed by atoms with E-state index in [0.717, 1.165) is 60.3 Å². The molecule has 136 valence electrons. The van der Waals surface area contributed by atoms with Crippen molar-refractivity contribution < 1.29 is 4.74 Å². The molecule has 3 heterocycles. The van der Waals surface area contributed by atoms with Gasteiger partial charge in [-0.1, -0.05) is 18.2 Å². The van der Waals surface area contributed by atoms with Gasteiger partial charge in [0.1, 0.15) is 29.5 Å². The van der Waals surface area contributed by atoms with E-state index in [1.807, 2.05) is 25.1 Å². The Hall–Kier alpha value is -2.82. The predicted molar refractivity (Wildman–Crippen MR) is 105 cm³/mol. The predicted octanol–water partition coefficient (Wildman–Crippen LogP) is 4.44. The van der Waals surface area contributed by atoms with E-state index >= 15 is 0 Å². The van der Waals surface area contributed by atoms with Crippen LogP contribution in [0.15, 0.2) is 53.5 Å². The first-order valence-corrected chi connectivity index (χ1v) is 9.69. The minimum atomic E-state index is -0.279. The lowest BCUT2D eigenvalue weighted by molar-refractivity contribution is 0.138. The summed E-state index contributed by atoms with van der Waals surface area (Å²) >= 11 is 0. The summed E-state index contributed by atoms with van der Waals surface area (Å²) in [5.41, 5.74) is 6.27. The van der Waals surface area contributed by atoms with E-state index in [1.54, 1.807) is 0 Å². The molecule has 1 aromatic rings. The summed E-state index contributed by atoms with van der Waals surface area (Å²) in [6, 6.07) is 10.7. The summed E-state index contributed by atoms with van der Waals surface area (Å²) in [6.07, 6.45) is 6.86. The zero-order valence-electron chi connectivity index (χ0n) is 15.8. The largest absolute Gasteiger partial charge is 0.480 e. The van der Waals surface area contributed by atoms with Gasteiger partial charge in [0.15, 0.2) is 11.5 Å². The minimum Gasteiger partial charge on any atom is -0.480 e. The average molecular weight is 358 g/mol. The van der Waals surface area contributed by atoms with Crippen LogP contribution in [-0.4, -0.2) is 19.2 Å². The van der Waals surface area contributed by atoms with Crippen molar-refractivity contribution in [2.75, 3.05) is 13.1 Å². The molecule has 0 N–H and O–H groups in total. The number of allylic oxidation sites excluding steroid dienone is 2. The molecule has 4 heteroatoms. The highest BCUT2D eigenvalue weighted by Crippen LogP contribution is 2.46. The topological polar surface area (TPSA) is 56.8 Å². The Morgan fingerprint density at radius 2 is 1.78 bits per heavy atom. The molecule has 0 radical (unpaired) electrons. The van der Waals surface area contributed by atoms with E-state index < -0.39 is 0 Å². The van der Waals surface area contributed by atoms with Crippen molar-refractivity contribution in [3.63, 3.8) is 0 Å². The third-order valence-electron chi connectivity index (χ3n) is 6.25. The van der Waals surface area contributed by atoms with Gasteiger partial charge in [0.25, 0.3) is 0 Å². The molecule has 0 saturated heterocycles. The van der Waals surface area contributed by atoms with Gasteiger partial charge < -0.3 is 4.74 Å². The van der Waals surface area contributed by atoms with Crippen molar-refractivity contribution in [1.29, 1.82) is 10.5 Å². The van der Waals surface area contributed by atoms with Gasteiger partial charge in [-0.15, -0.1) is 0 Å². The molecule has 4 nitrogen and oxygen atoms in total. The van der Waals surface area contributed by atoms with Crippen LogP contribution in [-0.2, 0) is 17.6 Å². The van der Waals surface area contributed by atoms with Gasteiger partial charge in [-0.25, -0.2) is 0 Å². The molecule has 1 atom stereocenters. The van der Waals surface area contributed by atoms with Crippen LogP contribution in [0.2, 0.25) is 0 Å². The maximum absolute atomic E-state index is 9.17. The molecule has 0 aliphatic carbocycles. The van der Waals surface area contributed by atoms with Crippen LogP contribution in [0.4, 0.5) is 5.69 Å². The van der Waals surface area contributed by atoms with Crippen molar-refractivity contribution in [3.05, 3.63) is 64.6 Å². The number of hydrogen-bond donors (Lipinski definition) is 0. The fourth-order valence-corrected chi connectivity index (χ4v) is 4.97. The van der Waals surface area contributed by atoms with Crippen LogP contribution in [0.1, 0.15) is 37.3 Å². The van der Waals surface area contributed by atoms with Gasteiger partial charge in [0.2, 0.25) is 0 Å². The van der Waals surface area contributed by atoms with Gasteiger partial charge in [0, 0.05) is 29.5 Å². The average Bonchev–Trinajstić information content (AvgIpc) is 2.70. The molecule has 3 aliphatic heterocycles. The SMILES string of the molecule is C=C(C1=CCC(=C(C#N)C#N)C(C)O1)[N+]12CCCc3cccc(c31)CCC2. The first-order valence-electron chi connectivity index (χ1n) is 9.69. The van der Waals surface area contributed by atoms with E-state index in [-0.39, 0.29) is 11.7 Å². The van der Waals surface area contributed by atoms with Crippen LogP contribution in [0.5, 0.6) is 0 Å². The number of quaternary nitrogens is 1. The molecule has 0 aromatic heterocycles. The molecule has 0 fully saturated rings. The van der Waals surface area contributed by atoms with Crippen molar-refractivity contribution in [2.45, 2.75) is 45.1 Å². The normalized spacial score (nSPS) is 22.4. The van der Waals surface area contributed by atoms with Crippen LogP contribution >= 0.6 is 0 Å². The zero-order valence-corrected chi connectivity index (χ0v) is 15.8. The molecule has 1 aromatic carbocycles. The molecule has 1 unspecified atom stereocenters. The van der Waals surface area contributed by atoms with Crippen LogP contribution in [0, 0.1) is 22.7 Å². The van der Waals surface area contributed by atoms with Crippen molar-refractivity contribution in [2.24, 2.45) is 0 Å². The fourth-order valence-electron chi connectivity index (χ4n) is 4.97. The number of nitrogens with zero attached hydrogens (tertiary/aromatic N) is 3. The Morgan fingerprint density at radius 3 is 2.33 bits per heavy atom. The van der Waals surface area contributed by atoms with E-state index in [4.69, 9.17) is 4.74 Å². The Bertz CT molecular complexity index is 911. The number of para-hydroxylation sites is 1. The Kier molecular flexibility index (Phi) is 4.38. The molecule has 27 heavy (non-hydrogen) atoms.